The molecule has 0 saturated carbocycles. The number of anilines is 2. The van der Waals surface area contributed by atoms with Crippen LogP contribution in [0.25, 0.3) is 10.8 Å². The monoisotopic (exact) mass is 326 g/mol. The molecule has 0 radical (unpaired) electrons. The van der Waals surface area contributed by atoms with Crippen LogP contribution in [-0.2, 0) is 9.47 Å². The van der Waals surface area contributed by atoms with Crippen molar-refractivity contribution in [3.05, 3.63) is 61.1 Å². The lowest BCUT2D eigenvalue weighted by molar-refractivity contribution is 0.268. The summed E-state index contributed by atoms with van der Waals surface area (Å²) in [6, 6.07) is 12.6. The second-order valence-electron chi connectivity index (χ2n) is 5.12. The van der Waals surface area contributed by atoms with Crippen LogP contribution in [-0.4, -0.2) is 26.3 Å². The lowest BCUT2D eigenvalue weighted by Gasteiger charge is -2.12. The Morgan fingerprint density at radius 2 is 1.21 bits per heavy atom. The van der Waals surface area contributed by atoms with E-state index in [2.05, 4.69) is 47.0 Å². The maximum absolute atomic E-state index is 5.20. The van der Waals surface area contributed by atoms with Gasteiger partial charge in [-0.2, -0.15) is 0 Å². The third-order valence-corrected chi connectivity index (χ3v) is 3.46. The fourth-order valence-corrected chi connectivity index (χ4v) is 2.38. The van der Waals surface area contributed by atoms with Gasteiger partial charge in [-0.1, -0.05) is 24.3 Å². The largest absolute Gasteiger partial charge is 0.502 e. The van der Waals surface area contributed by atoms with Gasteiger partial charge in [0.1, 0.15) is 0 Å². The van der Waals surface area contributed by atoms with Crippen molar-refractivity contribution in [2.24, 2.45) is 0 Å². The van der Waals surface area contributed by atoms with Crippen molar-refractivity contribution in [2.75, 3.05) is 36.9 Å². The number of ether oxygens (including phenoxy) is 2. The van der Waals surface area contributed by atoms with Crippen LogP contribution in [0.3, 0.4) is 0 Å². The second kappa shape index (κ2) is 10.2. The molecule has 0 aliphatic heterocycles. The SMILES string of the molecule is CCOC=CCNc1cccc2c(NCC=COCC)cccc12. The smallest absolute Gasteiger partial charge is 0.0845 e. The van der Waals surface area contributed by atoms with Crippen LogP contribution in [0.1, 0.15) is 13.8 Å². The molecule has 4 nitrogen and oxygen atoms in total. The van der Waals surface area contributed by atoms with Crippen LogP contribution in [0, 0.1) is 0 Å². The molecule has 2 aromatic carbocycles. The average molecular weight is 326 g/mol. The molecule has 0 unspecified atom stereocenters. The van der Waals surface area contributed by atoms with E-state index in [1.165, 1.54) is 10.8 Å². The van der Waals surface area contributed by atoms with Crippen LogP contribution in [0.5, 0.6) is 0 Å². The van der Waals surface area contributed by atoms with Gasteiger partial charge in [-0.05, 0) is 38.1 Å². The second-order valence-corrected chi connectivity index (χ2v) is 5.12. The van der Waals surface area contributed by atoms with Gasteiger partial charge in [0.25, 0.3) is 0 Å². The molecule has 0 heterocycles. The number of hydrogen-bond acceptors (Lipinski definition) is 4. The summed E-state index contributed by atoms with van der Waals surface area (Å²) in [5.74, 6) is 0. The van der Waals surface area contributed by atoms with Gasteiger partial charge in [-0.3, -0.25) is 0 Å². The molecule has 2 N–H and O–H groups in total. The van der Waals surface area contributed by atoms with Gasteiger partial charge in [-0.25, -0.2) is 0 Å². The first-order chi connectivity index (χ1) is 11.9. The highest BCUT2D eigenvalue weighted by Gasteiger charge is 2.03. The Morgan fingerprint density at radius 1 is 0.750 bits per heavy atom. The zero-order chi connectivity index (χ0) is 17.0. The highest BCUT2D eigenvalue weighted by atomic mass is 16.5. The summed E-state index contributed by atoms with van der Waals surface area (Å²) in [6.07, 6.45) is 7.41. The van der Waals surface area contributed by atoms with E-state index in [0.717, 1.165) is 24.5 Å². The van der Waals surface area contributed by atoms with E-state index in [1.807, 2.05) is 26.0 Å². The predicted molar refractivity (Wildman–Crippen MR) is 102 cm³/mol. The lowest BCUT2D eigenvalue weighted by atomic mass is 10.1. The van der Waals surface area contributed by atoms with Gasteiger partial charge in [0.05, 0.1) is 25.7 Å². The molecule has 0 saturated heterocycles. The van der Waals surface area contributed by atoms with E-state index >= 15 is 0 Å². The number of rotatable bonds is 10. The van der Waals surface area contributed by atoms with Crippen molar-refractivity contribution >= 4 is 22.1 Å². The minimum atomic E-state index is 0.692. The standard InChI is InChI=1S/C20H26N2O2/c1-3-23-15-7-13-21-19-11-5-10-18-17(19)9-6-12-20(18)22-14-8-16-24-4-2/h5-12,15-16,21-22H,3-4,13-14H2,1-2H3. The summed E-state index contributed by atoms with van der Waals surface area (Å²) in [7, 11) is 0. The molecule has 0 atom stereocenters. The quantitative estimate of drug-likeness (QED) is 0.618. The first-order valence-electron chi connectivity index (χ1n) is 8.39. The van der Waals surface area contributed by atoms with Gasteiger partial charge < -0.3 is 20.1 Å². The van der Waals surface area contributed by atoms with Crippen molar-refractivity contribution in [1.29, 1.82) is 0 Å². The summed E-state index contributed by atoms with van der Waals surface area (Å²) < 4.78 is 10.4. The van der Waals surface area contributed by atoms with Gasteiger partial charge in [0, 0.05) is 35.2 Å². The van der Waals surface area contributed by atoms with Crippen molar-refractivity contribution in [3.8, 4) is 0 Å². The van der Waals surface area contributed by atoms with E-state index in [0.29, 0.717) is 13.2 Å². The summed E-state index contributed by atoms with van der Waals surface area (Å²) >= 11 is 0. The van der Waals surface area contributed by atoms with Crippen molar-refractivity contribution in [3.63, 3.8) is 0 Å². The number of nitrogens with one attached hydrogen (secondary N) is 2. The van der Waals surface area contributed by atoms with E-state index < -0.39 is 0 Å². The molecule has 4 heteroatoms. The predicted octanol–water partition coefficient (Wildman–Crippen LogP) is 4.76. The minimum absolute atomic E-state index is 0.692. The van der Waals surface area contributed by atoms with E-state index in [4.69, 9.17) is 9.47 Å². The molecule has 0 aliphatic rings. The van der Waals surface area contributed by atoms with Gasteiger partial charge in [-0.15, -0.1) is 0 Å². The summed E-state index contributed by atoms with van der Waals surface area (Å²) in [4.78, 5) is 0. The Morgan fingerprint density at radius 3 is 1.62 bits per heavy atom. The highest BCUT2D eigenvalue weighted by molar-refractivity contribution is 6.01. The molecule has 0 bridgehead atoms. The lowest BCUT2D eigenvalue weighted by Crippen LogP contribution is -2.01. The molecule has 24 heavy (non-hydrogen) atoms. The molecule has 2 aromatic rings. The molecule has 0 spiro atoms. The van der Waals surface area contributed by atoms with Gasteiger partial charge in [0.15, 0.2) is 0 Å². The van der Waals surface area contributed by atoms with Gasteiger partial charge in [0.2, 0.25) is 0 Å². The number of hydrogen-bond donors (Lipinski definition) is 2. The van der Waals surface area contributed by atoms with Crippen molar-refractivity contribution in [2.45, 2.75) is 13.8 Å². The molecule has 128 valence electrons. The first-order valence-corrected chi connectivity index (χ1v) is 8.39. The summed E-state index contributed by atoms with van der Waals surface area (Å²) in [6.45, 7) is 6.79. The molecule has 0 fully saturated rings. The third-order valence-electron chi connectivity index (χ3n) is 3.46. The third kappa shape index (κ3) is 5.23. The summed E-state index contributed by atoms with van der Waals surface area (Å²) in [5.41, 5.74) is 2.23. The zero-order valence-corrected chi connectivity index (χ0v) is 14.4. The molecule has 2 rings (SSSR count). The van der Waals surface area contributed by atoms with Crippen molar-refractivity contribution < 1.29 is 9.47 Å². The Hall–Kier alpha value is -2.62. The molecule has 0 aromatic heterocycles. The van der Waals surface area contributed by atoms with Crippen LogP contribution in [0.2, 0.25) is 0 Å². The van der Waals surface area contributed by atoms with E-state index in [1.54, 1.807) is 12.5 Å². The molecular weight excluding hydrogens is 300 g/mol. The highest BCUT2D eigenvalue weighted by Crippen LogP contribution is 2.29. The Kier molecular flexibility index (Phi) is 7.54. The average Bonchev–Trinajstić information content (AvgIpc) is 2.61. The Labute approximate surface area is 144 Å². The van der Waals surface area contributed by atoms with Crippen LogP contribution >= 0.6 is 0 Å². The van der Waals surface area contributed by atoms with Crippen molar-refractivity contribution in [1.82, 2.24) is 0 Å². The number of benzene rings is 2. The van der Waals surface area contributed by atoms with Gasteiger partial charge >= 0.3 is 0 Å². The summed E-state index contributed by atoms with van der Waals surface area (Å²) in [5, 5.41) is 9.25. The minimum Gasteiger partial charge on any atom is -0.502 e. The molecule has 0 amide bonds. The van der Waals surface area contributed by atoms with E-state index in [-0.39, 0.29) is 0 Å². The van der Waals surface area contributed by atoms with Crippen LogP contribution in [0.4, 0.5) is 11.4 Å². The number of fused-ring (bicyclic) bond motifs is 1. The Balaban J connectivity index is 2.07. The topological polar surface area (TPSA) is 42.5 Å². The Bertz CT molecular complexity index is 621. The fraction of sp³-hybridized carbons (Fsp3) is 0.300. The van der Waals surface area contributed by atoms with E-state index in [9.17, 15) is 0 Å². The molecular formula is C20H26N2O2. The fourth-order valence-electron chi connectivity index (χ4n) is 2.38. The normalized spacial score (nSPS) is 11.2. The molecule has 0 aliphatic carbocycles. The zero-order valence-electron chi connectivity index (χ0n) is 14.4. The van der Waals surface area contributed by atoms with Crippen LogP contribution in [0.15, 0.2) is 61.1 Å². The first kappa shape index (κ1) is 17.7. The maximum atomic E-state index is 5.20. The maximum Gasteiger partial charge on any atom is 0.0845 e. The van der Waals surface area contributed by atoms with Crippen LogP contribution < -0.4 is 10.6 Å².